The summed E-state index contributed by atoms with van der Waals surface area (Å²) in [6.07, 6.45) is 1.00. The van der Waals surface area contributed by atoms with Crippen molar-refractivity contribution >= 4 is 23.4 Å². The molecule has 1 heterocycles. The summed E-state index contributed by atoms with van der Waals surface area (Å²) < 4.78 is 2.34. The van der Waals surface area contributed by atoms with E-state index in [-0.39, 0.29) is 12.4 Å². The highest BCUT2D eigenvalue weighted by atomic mass is 35.5. The first kappa shape index (κ1) is 17.2. The van der Waals surface area contributed by atoms with Crippen molar-refractivity contribution in [2.45, 2.75) is 19.9 Å². The predicted octanol–water partition coefficient (Wildman–Crippen LogP) is 5.68. The van der Waals surface area contributed by atoms with E-state index in [0.717, 1.165) is 24.3 Å². The molecule has 0 fully saturated rings. The van der Waals surface area contributed by atoms with E-state index in [4.69, 9.17) is 4.98 Å². The number of rotatable bonds is 4. The Morgan fingerprint density at radius 1 is 0.840 bits per heavy atom. The second-order valence-corrected chi connectivity index (χ2v) is 6.18. The average molecular weight is 349 g/mol. The number of aryl methyl sites for hydroxylation is 3. The fourth-order valence-electron chi connectivity index (χ4n) is 3.19. The lowest BCUT2D eigenvalue weighted by atomic mass is 10.1. The summed E-state index contributed by atoms with van der Waals surface area (Å²) in [4.78, 5) is 4.90. The normalized spacial score (nSPS) is 10.6. The van der Waals surface area contributed by atoms with E-state index in [0.29, 0.717) is 0 Å². The maximum atomic E-state index is 4.90. The number of hydrogen-bond donors (Lipinski definition) is 0. The molecule has 0 radical (unpaired) electrons. The second-order valence-electron chi connectivity index (χ2n) is 6.18. The van der Waals surface area contributed by atoms with Crippen LogP contribution in [0.2, 0.25) is 0 Å². The molecule has 0 aliphatic heterocycles. The van der Waals surface area contributed by atoms with Crippen molar-refractivity contribution in [3.05, 3.63) is 90.0 Å². The highest BCUT2D eigenvalue weighted by Gasteiger charge is 2.12. The molecule has 0 saturated carbocycles. The minimum atomic E-state index is 0. The summed E-state index contributed by atoms with van der Waals surface area (Å²) in [6.45, 7) is 3.05. The minimum Gasteiger partial charge on any atom is -0.324 e. The number of benzene rings is 3. The predicted molar refractivity (Wildman–Crippen MR) is 107 cm³/mol. The van der Waals surface area contributed by atoms with Crippen molar-refractivity contribution in [3.63, 3.8) is 0 Å². The molecule has 4 rings (SSSR count). The molecule has 0 aliphatic rings. The Kier molecular flexibility index (Phi) is 5.20. The highest BCUT2D eigenvalue weighted by Crippen LogP contribution is 2.25. The number of halogens is 1. The quantitative estimate of drug-likeness (QED) is 0.464. The molecule has 0 atom stereocenters. The van der Waals surface area contributed by atoms with Gasteiger partial charge in [-0.05, 0) is 37.1 Å². The maximum absolute atomic E-state index is 4.90. The smallest absolute Gasteiger partial charge is 0.141 e. The van der Waals surface area contributed by atoms with Crippen LogP contribution in [-0.2, 0) is 13.0 Å². The minimum absolute atomic E-state index is 0. The number of imidazole rings is 1. The first-order valence-electron chi connectivity index (χ1n) is 8.37. The molecule has 0 aliphatic carbocycles. The van der Waals surface area contributed by atoms with E-state index < -0.39 is 0 Å². The van der Waals surface area contributed by atoms with E-state index in [1.165, 1.54) is 22.2 Å². The van der Waals surface area contributed by atoms with Crippen molar-refractivity contribution in [3.8, 4) is 11.4 Å². The van der Waals surface area contributed by atoms with E-state index in [2.05, 4.69) is 90.4 Å². The Hall–Kier alpha value is -2.58. The van der Waals surface area contributed by atoms with E-state index >= 15 is 0 Å². The lowest BCUT2D eigenvalue weighted by Gasteiger charge is -2.10. The molecule has 0 amide bonds. The summed E-state index contributed by atoms with van der Waals surface area (Å²) in [6, 6.07) is 27.6. The van der Waals surface area contributed by atoms with Crippen molar-refractivity contribution in [2.75, 3.05) is 0 Å². The van der Waals surface area contributed by atoms with Crippen LogP contribution in [0.3, 0.4) is 0 Å². The fraction of sp³-hybridized carbons (Fsp3) is 0.136. The van der Waals surface area contributed by atoms with E-state index in [1.54, 1.807) is 0 Å². The standard InChI is InChI=1S/C22H20N2.ClH/c1-17-8-7-11-19(16-17)22-23-20-12-5-6-13-21(20)24(22)15-14-18-9-3-2-4-10-18;/h2-13,16H,14-15H2,1H3;1H. The Balaban J connectivity index is 0.00000182. The Labute approximate surface area is 154 Å². The van der Waals surface area contributed by atoms with Crippen molar-refractivity contribution in [1.29, 1.82) is 0 Å². The Morgan fingerprint density at radius 3 is 2.40 bits per heavy atom. The van der Waals surface area contributed by atoms with Crippen LogP contribution < -0.4 is 0 Å². The summed E-state index contributed by atoms with van der Waals surface area (Å²) in [5, 5.41) is 0. The largest absolute Gasteiger partial charge is 0.324 e. The lowest BCUT2D eigenvalue weighted by Crippen LogP contribution is -2.03. The third-order valence-corrected chi connectivity index (χ3v) is 4.40. The van der Waals surface area contributed by atoms with Crippen LogP contribution in [0.4, 0.5) is 0 Å². The van der Waals surface area contributed by atoms with Gasteiger partial charge < -0.3 is 4.57 Å². The third kappa shape index (κ3) is 3.59. The van der Waals surface area contributed by atoms with Gasteiger partial charge in [0, 0.05) is 12.1 Å². The molecule has 4 aromatic rings. The SMILES string of the molecule is Cc1cccc(-c2nc3ccccc3n2CCc2ccccc2)c1.Cl. The Morgan fingerprint density at radius 2 is 1.60 bits per heavy atom. The van der Waals surface area contributed by atoms with E-state index in [1.807, 2.05) is 0 Å². The molecule has 126 valence electrons. The highest BCUT2D eigenvalue weighted by molar-refractivity contribution is 5.85. The maximum Gasteiger partial charge on any atom is 0.141 e. The van der Waals surface area contributed by atoms with Gasteiger partial charge in [0.05, 0.1) is 11.0 Å². The van der Waals surface area contributed by atoms with Crippen molar-refractivity contribution in [2.24, 2.45) is 0 Å². The van der Waals surface area contributed by atoms with Gasteiger partial charge in [-0.1, -0.05) is 66.2 Å². The van der Waals surface area contributed by atoms with Crippen LogP contribution in [0, 0.1) is 6.92 Å². The topological polar surface area (TPSA) is 17.8 Å². The molecule has 0 saturated heterocycles. The van der Waals surface area contributed by atoms with Gasteiger partial charge in [0.2, 0.25) is 0 Å². The van der Waals surface area contributed by atoms with Gasteiger partial charge in [-0.3, -0.25) is 0 Å². The summed E-state index contributed by atoms with van der Waals surface area (Å²) in [7, 11) is 0. The Bertz CT molecular complexity index is 974. The van der Waals surface area contributed by atoms with E-state index in [9.17, 15) is 0 Å². The number of hydrogen-bond acceptors (Lipinski definition) is 1. The number of para-hydroxylation sites is 2. The first-order valence-corrected chi connectivity index (χ1v) is 8.37. The molecule has 0 spiro atoms. The molecule has 3 aromatic carbocycles. The molecular weight excluding hydrogens is 328 g/mol. The molecule has 1 aromatic heterocycles. The van der Waals surface area contributed by atoms with Crippen LogP contribution >= 0.6 is 12.4 Å². The first-order chi connectivity index (χ1) is 11.8. The van der Waals surface area contributed by atoms with Crippen LogP contribution in [0.5, 0.6) is 0 Å². The van der Waals surface area contributed by atoms with Crippen LogP contribution in [-0.4, -0.2) is 9.55 Å². The zero-order chi connectivity index (χ0) is 16.4. The van der Waals surface area contributed by atoms with Gasteiger partial charge in [0.1, 0.15) is 5.82 Å². The molecule has 0 unspecified atom stereocenters. The van der Waals surface area contributed by atoms with Crippen LogP contribution in [0.1, 0.15) is 11.1 Å². The second kappa shape index (κ2) is 7.54. The van der Waals surface area contributed by atoms with Crippen molar-refractivity contribution < 1.29 is 0 Å². The zero-order valence-electron chi connectivity index (χ0n) is 14.2. The molecule has 25 heavy (non-hydrogen) atoms. The number of aromatic nitrogens is 2. The van der Waals surface area contributed by atoms with Crippen LogP contribution in [0.25, 0.3) is 22.4 Å². The third-order valence-electron chi connectivity index (χ3n) is 4.40. The lowest BCUT2D eigenvalue weighted by molar-refractivity contribution is 0.723. The molecule has 2 nitrogen and oxygen atoms in total. The van der Waals surface area contributed by atoms with Crippen molar-refractivity contribution in [1.82, 2.24) is 9.55 Å². The average Bonchev–Trinajstić information content (AvgIpc) is 2.99. The zero-order valence-corrected chi connectivity index (χ0v) is 15.0. The van der Waals surface area contributed by atoms with Gasteiger partial charge in [-0.15, -0.1) is 12.4 Å². The fourth-order valence-corrected chi connectivity index (χ4v) is 3.19. The molecule has 3 heteroatoms. The van der Waals surface area contributed by atoms with Gasteiger partial charge in [0.15, 0.2) is 0 Å². The number of fused-ring (bicyclic) bond motifs is 1. The summed E-state index contributed by atoms with van der Waals surface area (Å²) in [5.41, 5.74) is 6.05. The molecule has 0 bridgehead atoms. The van der Waals surface area contributed by atoms with Gasteiger partial charge in [-0.2, -0.15) is 0 Å². The molecule has 0 N–H and O–H groups in total. The molecular formula is C22H21ClN2. The summed E-state index contributed by atoms with van der Waals surface area (Å²) >= 11 is 0. The number of nitrogens with zero attached hydrogens (tertiary/aromatic N) is 2. The summed E-state index contributed by atoms with van der Waals surface area (Å²) in [5.74, 6) is 1.05. The monoisotopic (exact) mass is 348 g/mol. The van der Waals surface area contributed by atoms with Gasteiger partial charge in [-0.25, -0.2) is 4.98 Å². The van der Waals surface area contributed by atoms with Gasteiger partial charge in [0.25, 0.3) is 0 Å². The van der Waals surface area contributed by atoms with Gasteiger partial charge >= 0.3 is 0 Å². The van der Waals surface area contributed by atoms with Crippen LogP contribution in [0.15, 0.2) is 78.9 Å².